The molecule has 0 unspecified atom stereocenters. The number of rotatable bonds is 6. The summed E-state index contributed by atoms with van der Waals surface area (Å²) in [4.78, 5) is 4.55. The second-order valence-corrected chi connectivity index (χ2v) is 25.7. The molecule has 0 amide bonds. The maximum absolute atomic E-state index is 8.14. The van der Waals surface area contributed by atoms with Crippen LogP contribution in [0.3, 0.4) is 0 Å². The van der Waals surface area contributed by atoms with E-state index in [0.717, 1.165) is 111 Å². The van der Waals surface area contributed by atoms with E-state index in [2.05, 4.69) is 203 Å². The van der Waals surface area contributed by atoms with Gasteiger partial charge >= 0.3 is 0 Å². The second-order valence-electron chi connectivity index (χ2n) is 25.7. The van der Waals surface area contributed by atoms with Crippen LogP contribution >= 0.6 is 0 Å². The molecule has 7 nitrogen and oxygen atoms in total. The van der Waals surface area contributed by atoms with Crippen LogP contribution in [0.4, 0.5) is 0 Å². The van der Waals surface area contributed by atoms with Crippen LogP contribution in [0, 0.1) is 48.3 Å². The van der Waals surface area contributed by atoms with Gasteiger partial charge < -0.3 is 13.3 Å². The Hall–Kier alpha value is -11.8. The minimum Gasteiger partial charge on any atom is -0.456 e. The van der Waals surface area contributed by atoms with Crippen molar-refractivity contribution in [1.29, 1.82) is 0 Å². The molecule has 7 heteroatoms. The van der Waals surface area contributed by atoms with E-state index in [1.165, 1.54) is 71.4 Å². The lowest BCUT2D eigenvalue weighted by Gasteiger charge is -2.10. The van der Waals surface area contributed by atoms with E-state index in [-0.39, 0.29) is 0 Å². The van der Waals surface area contributed by atoms with Crippen molar-refractivity contribution in [2.75, 3.05) is 0 Å². The van der Waals surface area contributed by atoms with E-state index in [9.17, 15) is 0 Å². The molecule has 7 aromatic heterocycles. The Labute approximate surface area is 572 Å². The van der Waals surface area contributed by atoms with Gasteiger partial charge in [-0.15, -0.1) is 0 Å². The van der Waals surface area contributed by atoms with Crippen molar-refractivity contribution in [3.05, 3.63) is 300 Å². The minimum atomic E-state index is -2.23. The first-order valence-corrected chi connectivity index (χ1v) is 32.8. The minimum absolute atomic E-state index is 0.327. The highest BCUT2D eigenvalue weighted by molar-refractivity contribution is 6.22. The molecular weight excluding hydrogens is 1190 g/mol. The van der Waals surface area contributed by atoms with Crippen molar-refractivity contribution in [3.63, 3.8) is 0 Å². The van der Waals surface area contributed by atoms with E-state index >= 15 is 0 Å². The SMILES string of the molecule is Cc1cc2c(cc1-c1cc(-c3ccccc3)cc[n+]1C)oc1cc(C)c3ccccc3c12.[2H]C([2H])([2H])c1c[n+](C)c(-c2cc3oc4cc(C)c5ccccc5c4c3cc2C)cc1-c1ccccc1.[2H]C([2H])([2H])c1c[n+](C)c(-c2cc3oc4ncc5ccccc5c4c3cc2C)cc1-c1ccccc1. The predicted octanol–water partition coefficient (Wildman–Crippen LogP) is 22.2. The maximum atomic E-state index is 8.14. The topological polar surface area (TPSA) is 64.0 Å². The quantitative estimate of drug-likeness (QED) is 0.156. The molecule has 7 heterocycles. The van der Waals surface area contributed by atoms with Crippen LogP contribution in [0.1, 0.15) is 47.2 Å². The largest absolute Gasteiger partial charge is 0.456 e. The van der Waals surface area contributed by atoms with Crippen LogP contribution in [0.2, 0.25) is 0 Å². The van der Waals surface area contributed by atoms with Gasteiger partial charge in [0.2, 0.25) is 22.8 Å². The van der Waals surface area contributed by atoms with E-state index < -0.39 is 13.7 Å². The Balaban J connectivity index is 0.000000119. The number of furan rings is 3. The molecule has 0 aliphatic heterocycles. The van der Waals surface area contributed by atoms with Gasteiger partial charge in [-0.1, -0.05) is 164 Å². The first-order chi connectivity index (χ1) is 49.6. The number of nitrogens with zero attached hydrogens (tertiary/aromatic N) is 4. The van der Waals surface area contributed by atoms with Crippen molar-refractivity contribution in [2.24, 2.45) is 21.1 Å². The molecule has 0 bridgehead atoms. The van der Waals surface area contributed by atoms with Crippen LogP contribution in [0.5, 0.6) is 0 Å². The van der Waals surface area contributed by atoms with E-state index in [1.54, 1.807) is 12.4 Å². The predicted molar refractivity (Wildman–Crippen MR) is 401 cm³/mol. The molecule has 11 aromatic carbocycles. The van der Waals surface area contributed by atoms with Gasteiger partial charge in [0.05, 0.1) is 22.1 Å². The van der Waals surface area contributed by atoms with Crippen LogP contribution in [-0.2, 0) is 21.1 Å². The fourth-order valence-corrected chi connectivity index (χ4v) is 14.5. The third-order valence-electron chi connectivity index (χ3n) is 19.4. The second kappa shape index (κ2) is 24.2. The van der Waals surface area contributed by atoms with Crippen molar-refractivity contribution in [1.82, 2.24) is 4.98 Å². The smallest absolute Gasteiger partial charge is 0.227 e. The third-order valence-corrected chi connectivity index (χ3v) is 19.4. The number of pyridine rings is 4. The van der Waals surface area contributed by atoms with Crippen molar-refractivity contribution >= 4 is 98.3 Å². The first-order valence-electron chi connectivity index (χ1n) is 35.8. The summed E-state index contributed by atoms with van der Waals surface area (Å²) in [6, 6.07) is 80.8. The summed E-state index contributed by atoms with van der Waals surface area (Å²) < 4.78 is 73.7. The van der Waals surface area contributed by atoms with Crippen LogP contribution in [0.15, 0.2) is 275 Å². The summed E-state index contributed by atoms with van der Waals surface area (Å²) in [5.41, 5.74) is 23.3. The Morgan fingerprint density at radius 1 is 0.299 bits per heavy atom. The molecule has 0 saturated carbocycles. The molecule has 0 aliphatic carbocycles. The normalized spacial score (nSPS) is 12.8. The lowest BCUT2D eigenvalue weighted by molar-refractivity contribution is -0.660. The van der Waals surface area contributed by atoms with E-state index in [4.69, 9.17) is 21.5 Å². The molecule has 18 aromatic rings. The highest BCUT2D eigenvalue weighted by Crippen LogP contribution is 2.43. The molecule has 468 valence electrons. The van der Waals surface area contributed by atoms with Gasteiger partial charge in [-0.3, -0.25) is 0 Å². The van der Waals surface area contributed by atoms with Gasteiger partial charge in [0.1, 0.15) is 49.1 Å². The molecule has 97 heavy (non-hydrogen) atoms. The molecule has 18 rings (SSSR count). The van der Waals surface area contributed by atoms with Gasteiger partial charge in [0.25, 0.3) is 0 Å². The Morgan fingerprint density at radius 2 is 0.701 bits per heavy atom. The zero-order valence-electron chi connectivity index (χ0n) is 61.3. The molecule has 0 N–H and O–H groups in total. The maximum Gasteiger partial charge on any atom is 0.227 e. The molecule has 0 aliphatic rings. The van der Waals surface area contributed by atoms with Crippen LogP contribution < -0.4 is 13.7 Å². The molecular formula is C90H73N4O3+3. The standard InChI is InChI=1S/C31H26NO.C30H24NO.C29H23N2O/c1-19-14-27-29(33-30-15-20(2)23-12-8-9-13-24(23)31(27)30)17-26(19)28-16-25(21(3)18-32(28)4)22-10-6-5-7-11-22;1-19-15-26-28(32-29-16-20(2)23-11-7-8-12-24(23)30(26)29)18-25(19)27-17-22(13-14-31(27)3)21-9-5-4-6-10-21;1-18-13-25-27(32-29-28(25)22-12-8-7-11-21(22)16-30-29)15-24(18)26-14-23(19(2)17-31(26)3)20-9-5-4-6-10-20/h5-18H,1-4H3;4-18H,1-3H3;4-17H,1-3H3/q3*+1/i3D3;;2D3. The van der Waals surface area contributed by atoms with Crippen molar-refractivity contribution in [3.8, 4) is 67.2 Å². The number of benzene rings is 11. The number of aryl methyl sites for hydroxylation is 10. The van der Waals surface area contributed by atoms with Crippen molar-refractivity contribution < 1.29 is 35.2 Å². The van der Waals surface area contributed by atoms with Crippen LogP contribution in [0.25, 0.3) is 165 Å². The summed E-state index contributed by atoms with van der Waals surface area (Å²) in [5, 5.41) is 13.8. The highest BCUT2D eigenvalue weighted by atomic mass is 16.3. The van der Waals surface area contributed by atoms with E-state index in [0.29, 0.717) is 22.4 Å². The van der Waals surface area contributed by atoms with Gasteiger partial charge in [0, 0.05) is 82.1 Å². The molecule has 0 radical (unpaired) electrons. The molecule has 0 fully saturated rings. The third kappa shape index (κ3) is 10.6. The number of fused-ring (bicyclic) bond motifs is 15. The molecule has 0 atom stereocenters. The Kier molecular flexibility index (Phi) is 13.4. The lowest BCUT2D eigenvalue weighted by atomic mass is 9.95. The zero-order valence-corrected chi connectivity index (χ0v) is 55.3. The van der Waals surface area contributed by atoms with Gasteiger partial charge in [0.15, 0.2) is 18.6 Å². The fourth-order valence-electron chi connectivity index (χ4n) is 14.5. The van der Waals surface area contributed by atoms with E-state index in [1.807, 2.05) is 120 Å². The van der Waals surface area contributed by atoms with Crippen molar-refractivity contribution in [2.45, 2.75) is 48.3 Å². The summed E-state index contributed by atoms with van der Waals surface area (Å²) in [5.74, 6) is 0. The number of aromatic nitrogens is 4. The lowest BCUT2D eigenvalue weighted by Crippen LogP contribution is -2.31. The van der Waals surface area contributed by atoms with Crippen LogP contribution in [-0.4, -0.2) is 4.98 Å². The average Bonchev–Trinajstić information content (AvgIpc) is 1.62. The average molecular weight is 1260 g/mol. The molecule has 0 spiro atoms. The highest BCUT2D eigenvalue weighted by Gasteiger charge is 2.25. The Bertz CT molecular complexity index is 6430. The number of hydrogen-bond acceptors (Lipinski definition) is 4. The van der Waals surface area contributed by atoms with Gasteiger partial charge in [-0.25, -0.2) is 18.7 Å². The zero-order chi connectivity index (χ0) is 71.3. The number of hydrogen-bond donors (Lipinski definition) is 0. The summed E-state index contributed by atoms with van der Waals surface area (Å²) >= 11 is 0. The van der Waals surface area contributed by atoms with Gasteiger partial charge in [-0.2, -0.15) is 0 Å². The summed E-state index contributed by atoms with van der Waals surface area (Å²) in [6.07, 6.45) is 7.44. The summed E-state index contributed by atoms with van der Waals surface area (Å²) in [6.45, 7) is 6.18. The monoisotopic (exact) mass is 1260 g/mol. The summed E-state index contributed by atoms with van der Waals surface area (Å²) in [7, 11) is 5.89. The Morgan fingerprint density at radius 3 is 1.18 bits per heavy atom. The molecule has 0 saturated heterocycles. The fraction of sp³-hybridized carbons (Fsp3) is 0.111. The first kappa shape index (κ1) is 53.6. The van der Waals surface area contributed by atoms with Gasteiger partial charge in [-0.05, 0) is 185 Å².